The zero-order chi connectivity index (χ0) is 8.55. The maximum absolute atomic E-state index is 5.67. The van der Waals surface area contributed by atoms with Gasteiger partial charge in [-0.15, -0.1) is 0 Å². The minimum absolute atomic E-state index is 0.605. The van der Waals surface area contributed by atoms with Gasteiger partial charge in [-0.25, -0.2) is 0 Å². The van der Waals surface area contributed by atoms with Crippen molar-refractivity contribution >= 4 is 15.9 Å². The molecule has 0 saturated carbocycles. The van der Waals surface area contributed by atoms with Crippen molar-refractivity contribution in [2.45, 2.75) is 18.8 Å². The van der Waals surface area contributed by atoms with Crippen LogP contribution in [0.4, 0.5) is 0 Å². The first-order valence-electron chi connectivity index (χ1n) is 4.29. The maximum atomic E-state index is 5.67. The van der Waals surface area contributed by atoms with Gasteiger partial charge in [0, 0.05) is 4.47 Å². The highest BCUT2D eigenvalue weighted by molar-refractivity contribution is 9.10. The van der Waals surface area contributed by atoms with Crippen LogP contribution in [0.15, 0.2) is 22.7 Å². The van der Waals surface area contributed by atoms with Crippen LogP contribution < -0.4 is 5.73 Å². The SMILES string of the molecule is NC[C@@H]1CCc2cc(Br)ccc21. The van der Waals surface area contributed by atoms with E-state index in [1.54, 1.807) is 0 Å². The van der Waals surface area contributed by atoms with E-state index in [-0.39, 0.29) is 0 Å². The van der Waals surface area contributed by atoms with E-state index in [9.17, 15) is 0 Å². The van der Waals surface area contributed by atoms with Crippen LogP contribution >= 0.6 is 15.9 Å². The molecule has 0 heterocycles. The number of hydrogen-bond acceptors (Lipinski definition) is 1. The second kappa shape index (κ2) is 3.19. The van der Waals surface area contributed by atoms with Gasteiger partial charge in [0.15, 0.2) is 0 Å². The Hall–Kier alpha value is -0.340. The van der Waals surface area contributed by atoms with Crippen molar-refractivity contribution in [3.05, 3.63) is 33.8 Å². The van der Waals surface area contributed by atoms with Crippen molar-refractivity contribution in [2.75, 3.05) is 6.54 Å². The number of benzene rings is 1. The second-order valence-corrected chi connectivity index (χ2v) is 4.23. The molecule has 1 aliphatic rings. The third kappa shape index (κ3) is 1.29. The van der Waals surface area contributed by atoms with Gasteiger partial charge in [0.05, 0.1) is 0 Å². The monoisotopic (exact) mass is 225 g/mol. The van der Waals surface area contributed by atoms with Gasteiger partial charge < -0.3 is 5.73 Å². The van der Waals surface area contributed by atoms with Gasteiger partial charge in [0.2, 0.25) is 0 Å². The summed E-state index contributed by atoms with van der Waals surface area (Å²) in [6, 6.07) is 6.52. The molecule has 0 saturated heterocycles. The Morgan fingerprint density at radius 1 is 1.50 bits per heavy atom. The lowest BCUT2D eigenvalue weighted by Crippen LogP contribution is -2.08. The maximum Gasteiger partial charge on any atom is 0.0178 e. The Labute approximate surface area is 81.1 Å². The van der Waals surface area contributed by atoms with Crippen molar-refractivity contribution in [1.82, 2.24) is 0 Å². The van der Waals surface area contributed by atoms with Crippen molar-refractivity contribution in [3.63, 3.8) is 0 Å². The van der Waals surface area contributed by atoms with E-state index in [4.69, 9.17) is 5.73 Å². The van der Waals surface area contributed by atoms with E-state index in [0.29, 0.717) is 5.92 Å². The molecule has 1 aromatic carbocycles. The zero-order valence-electron chi connectivity index (χ0n) is 6.89. The molecule has 1 nitrogen and oxygen atoms in total. The molecule has 2 rings (SSSR count). The topological polar surface area (TPSA) is 26.0 Å². The van der Waals surface area contributed by atoms with Crippen molar-refractivity contribution in [3.8, 4) is 0 Å². The Balaban J connectivity index is 2.40. The van der Waals surface area contributed by atoms with Crippen LogP contribution in [0.25, 0.3) is 0 Å². The predicted octanol–water partition coefficient (Wildman–Crippen LogP) is 2.44. The molecule has 0 aliphatic heterocycles. The molecule has 0 spiro atoms. The average Bonchev–Trinajstić information content (AvgIpc) is 2.46. The molecule has 0 fully saturated rings. The summed E-state index contributed by atoms with van der Waals surface area (Å²) >= 11 is 3.48. The van der Waals surface area contributed by atoms with Crippen molar-refractivity contribution < 1.29 is 0 Å². The molecule has 0 unspecified atom stereocenters. The van der Waals surface area contributed by atoms with Gasteiger partial charge in [-0.2, -0.15) is 0 Å². The highest BCUT2D eigenvalue weighted by Gasteiger charge is 2.20. The van der Waals surface area contributed by atoms with Gasteiger partial charge in [0.25, 0.3) is 0 Å². The van der Waals surface area contributed by atoms with Crippen LogP contribution in [0.2, 0.25) is 0 Å². The highest BCUT2D eigenvalue weighted by Crippen LogP contribution is 2.33. The Morgan fingerprint density at radius 2 is 2.33 bits per heavy atom. The Morgan fingerprint density at radius 3 is 3.08 bits per heavy atom. The molecule has 12 heavy (non-hydrogen) atoms. The minimum Gasteiger partial charge on any atom is -0.330 e. The Kier molecular flexibility index (Phi) is 2.20. The van der Waals surface area contributed by atoms with E-state index in [1.165, 1.54) is 28.4 Å². The third-order valence-corrected chi connectivity index (χ3v) is 3.08. The number of halogens is 1. The van der Waals surface area contributed by atoms with E-state index in [2.05, 4.69) is 34.1 Å². The lowest BCUT2D eigenvalue weighted by Gasteiger charge is -2.07. The van der Waals surface area contributed by atoms with Crippen LogP contribution in [0.1, 0.15) is 23.5 Å². The highest BCUT2D eigenvalue weighted by atomic mass is 79.9. The molecule has 2 heteroatoms. The molecule has 1 aliphatic carbocycles. The lowest BCUT2D eigenvalue weighted by atomic mass is 10.0. The molecule has 0 bridgehead atoms. The zero-order valence-corrected chi connectivity index (χ0v) is 8.47. The number of aryl methyl sites for hydroxylation is 1. The smallest absolute Gasteiger partial charge is 0.0178 e. The molecule has 0 aromatic heterocycles. The first kappa shape index (κ1) is 8.27. The molecule has 0 radical (unpaired) electrons. The van der Waals surface area contributed by atoms with E-state index in [1.807, 2.05) is 0 Å². The van der Waals surface area contributed by atoms with Gasteiger partial charge in [-0.1, -0.05) is 22.0 Å². The van der Waals surface area contributed by atoms with E-state index >= 15 is 0 Å². The van der Waals surface area contributed by atoms with E-state index < -0.39 is 0 Å². The average molecular weight is 226 g/mol. The van der Waals surface area contributed by atoms with Crippen LogP contribution in [0.5, 0.6) is 0 Å². The fourth-order valence-electron chi connectivity index (χ4n) is 1.92. The van der Waals surface area contributed by atoms with Crippen LogP contribution in [0, 0.1) is 0 Å². The summed E-state index contributed by atoms with van der Waals surface area (Å²) in [4.78, 5) is 0. The van der Waals surface area contributed by atoms with Gasteiger partial charge in [-0.05, 0) is 48.6 Å². The first-order chi connectivity index (χ1) is 5.81. The van der Waals surface area contributed by atoms with Crippen molar-refractivity contribution in [1.29, 1.82) is 0 Å². The molecular weight excluding hydrogens is 214 g/mol. The standard InChI is InChI=1S/C10H12BrN/c11-9-3-4-10-7(5-9)1-2-8(10)6-12/h3-5,8H,1-2,6,12H2/t8-/m0/s1. The summed E-state index contributed by atoms with van der Waals surface area (Å²) in [5, 5.41) is 0. The summed E-state index contributed by atoms with van der Waals surface area (Å²) in [6.45, 7) is 0.786. The summed E-state index contributed by atoms with van der Waals surface area (Å²) in [5.41, 5.74) is 8.61. The van der Waals surface area contributed by atoms with Crippen LogP contribution in [0.3, 0.4) is 0 Å². The van der Waals surface area contributed by atoms with Crippen LogP contribution in [-0.2, 0) is 6.42 Å². The Bertz CT molecular complexity index is 296. The normalized spacial score (nSPS) is 21.0. The molecular formula is C10H12BrN. The molecule has 1 atom stereocenters. The largest absolute Gasteiger partial charge is 0.330 e. The molecule has 0 amide bonds. The molecule has 1 aromatic rings. The van der Waals surface area contributed by atoms with Crippen LogP contribution in [-0.4, -0.2) is 6.54 Å². The fourth-order valence-corrected chi connectivity index (χ4v) is 2.33. The van der Waals surface area contributed by atoms with E-state index in [0.717, 1.165) is 6.54 Å². The van der Waals surface area contributed by atoms with Crippen molar-refractivity contribution in [2.24, 2.45) is 5.73 Å². The second-order valence-electron chi connectivity index (χ2n) is 3.31. The lowest BCUT2D eigenvalue weighted by molar-refractivity contribution is 0.688. The summed E-state index contributed by atoms with van der Waals surface area (Å²) in [5.74, 6) is 0.605. The summed E-state index contributed by atoms with van der Waals surface area (Å²) in [7, 11) is 0. The number of rotatable bonds is 1. The third-order valence-electron chi connectivity index (χ3n) is 2.59. The van der Waals surface area contributed by atoms with Gasteiger partial charge in [-0.3, -0.25) is 0 Å². The number of fused-ring (bicyclic) bond motifs is 1. The molecule has 2 N–H and O–H groups in total. The minimum atomic E-state index is 0.605. The van der Waals surface area contributed by atoms with Gasteiger partial charge in [0.1, 0.15) is 0 Å². The molecule has 64 valence electrons. The predicted molar refractivity (Wildman–Crippen MR) is 54.3 cm³/mol. The quantitative estimate of drug-likeness (QED) is 0.781. The van der Waals surface area contributed by atoms with Gasteiger partial charge >= 0.3 is 0 Å². The number of nitrogens with two attached hydrogens (primary N) is 1. The fraction of sp³-hybridized carbons (Fsp3) is 0.400. The summed E-state index contributed by atoms with van der Waals surface area (Å²) in [6.07, 6.45) is 2.42. The first-order valence-corrected chi connectivity index (χ1v) is 5.09. The number of hydrogen-bond donors (Lipinski definition) is 1. The summed E-state index contributed by atoms with van der Waals surface area (Å²) < 4.78 is 1.18.